The lowest BCUT2D eigenvalue weighted by atomic mass is 9.80. The summed E-state index contributed by atoms with van der Waals surface area (Å²) in [6, 6.07) is -0.129. The van der Waals surface area contributed by atoms with Gasteiger partial charge in [-0.25, -0.2) is 0 Å². The van der Waals surface area contributed by atoms with E-state index in [2.05, 4.69) is 5.32 Å². The Balaban J connectivity index is 2.44. The number of rotatable bonds is 4. The molecule has 0 saturated heterocycles. The summed E-state index contributed by atoms with van der Waals surface area (Å²) < 4.78 is 37.8. The molecule has 3 atom stereocenters. The van der Waals surface area contributed by atoms with E-state index >= 15 is 0 Å². The molecule has 0 aromatic heterocycles. The van der Waals surface area contributed by atoms with Gasteiger partial charge in [0.25, 0.3) is 0 Å². The van der Waals surface area contributed by atoms with E-state index in [1.165, 1.54) is 0 Å². The number of hydrogen-bond donors (Lipinski definition) is 2. The average molecular weight is 266 g/mol. The van der Waals surface area contributed by atoms with Crippen LogP contribution >= 0.6 is 0 Å². The van der Waals surface area contributed by atoms with Gasteiger partial charge in [0.05, 0.1) is 5.92 Å². The number of carbonyl (C=O) groups excluding carboxylic acids is 1. The maximum Gasteiger partial charge on any atom is 0.391 e. The third-order valence-corrected chi connectivity index (χ3v) is 3.57. The van der Waals surface area contributed by atoms with Gasteiger partial charge in [-0.3, -0.25) is 4.79 Å². The molecule has 1 rings (SSSR count). The van der Waals surface area contributed by atoms with Crippen molar-refractivity contribution in [2.75, 3.05) is 6.54 Å². The van der Waals surface area contributed by atoms with Gasteiger partial charge in [-0.15, -0.1) is 0 Å². The number of nitrogens with two attached hydrogens (primary N) is 1. The van der Waals surface area contributed by atoms with E-state index in [0.717, 1.165) is 6.42 Å². The second-order valence-corrected chi connectivity index (χ2v) is 5.02. The molecule has 1 aliphatic carbocycles. The van der Waals surface area contributed by atoms with Gasteiger partial charge in [0.2, 0.25) is 5.91 Å². The number of nitrogens with one attached hydrogen (secondary N) is 1. The molecule has 106 valence electrons. The van der Waals surface area contributed by atoms with Crippen molar-refractivity contribution >= 4 is 5.91 Å². The molecule has 6 heteroatoms. The largest absolute Gasteiger partial charge is 0.391 e. The van der Waals surface area contributed by atoms with Crippen LogP contribution in [-0.4, -0.2) is 24.7 Å². The van der Waals surface area contributed by atoms with Gasteiger partial charge in [-0.2, -0.15) is 13.2 Å². The molecule has 1 amide bonds. The van der Waals surface area contributed by atoms with E-state index < -0.39 is 18.0 Å². The van der Waals surface area contributed by atoms with E-state index in [1.54, 1.807) is 0 Å². The number of halogens is 3. The van der Waals surface area contributed by atoms with Gasteiger partial charge in [-0.1, -0.05) is 13.3 Å². The Morgan fingerprint density at radius 3 is 2.67 bits per heavy atom. The van der Waals surface area contributed by atoms with Crippen LogP contribution < -0.4 is 11.1 Å². The number of carbonyl (C=O) groups is 1. The number of amides is 1. The summed E-state index contributed by atoms with van der Waals surface area (Å²) in [5.74, 6) is -2.14. The zero-order valence-electron chi connectivity index (χ0n) is 10.6. The summed E-state index contributed by atoms with van der Waals surface area (Å²) in [5.41, 5.74) is 5.65. The molecule has 0 aromatic carbocycles. The highest BCUT2D eigenvalue weighted by atomic mass is 19.4. The van der Waals surface area contributed by atoms with Crippen LogP contribution in [0.2, 0.25) is 0 Å². The Morgan fingerprint density at radius 1 is 1.44 bits per heavy atom. The van der Waals surface area contributed by atoms with E-state index in [9.17, 15) is 18.0 Å². The minimum absolute atomic E-state index is 0.0866. The van der Waals surface area contributed by atoms with E-state index in [1.807, 2.05) is 6.92 Å². The molecule has 0 spiro atoms. The first kappa shape index (κ1) is 15.3. The van der Waals surface area contributed by atoms with Crippen LogP contribution in [0.5, 0.6) is 0 Å². The quantitative estimate of drug-likeness (QED) is 0.819. The van der Waals surface area contributed by atoms with Crippen molar-refractivity contribution in [2.24, 2.45) is 17.6 Å². The second kappa shape index (κ2) is 6.41. The van der Waals surface area contributed by atoms with Crippen molar-refractivity contribution in [3.63, 3.8) is 0 Å². The Kier molecular flexibility index (Phi) is 5.44. The molecule has 3 unspecified atom stereocenters. The molecule has 18 heavy (non-hydrogen) atoms. The zero-order chi connectivity index (χ0) is 13.8. The molecular weight excluding hydrogens is 245 g/mol. The summed E-state index contributed by atoms with van der Waals surface area (Å²) in [4.78, 5) is 11.8. The summed E-state index contributed by atoms with van der Waals surface area (Å²) in [7, 11) is 0. The van der Waals surface area contributed by atoms with Gasteiger partial charge >= 0.3 is 6.18 Å². The molecule has 1 aliphatic rings. The van der Waals surface area contributed by atoms with Crippen LogP contribution in [0.3, 0.4) is 0 Å². The van der Waals surface area contributed by atoms with Crippen molar-refractivity contribution in [2.45, 2.75) is 51.2 Å². The molecule has 0 aliphatic heterocycles. The normalized spacial score (nSPS) is 26.7. The molecule has 3 N–H and O–H groups in total. The van der Waals surface area contributed by atoms with Crippen LogP contribution in [0, 0.1) is 11.8 Å². The third kappa shape index (κ3) is 4.48. The molecule has 1 fully saturated rings. The number of alkyl halides is 3. The summed E-state index contributed by atoms with van der Waals surface area (Å²) in [5, 5.41) is 2.64. The molecule has 1 saturated carbocycles. The Bertz CT molecular complexity index is 281. The minimum atomic E-state index is -4.18. The van der Waals surface area contributed by atoms with E-state index in [0.29, 0.717) is 19.4 Å². The smallest absolute Gasteiger partial charge is 0.354 e. The van der Waals surface area contributed by atoms with Gasteiger partial charge < -0.3 is 11.1 Å². The Morgan fingerprint density at radius 2 is 2.11 bits per heavy atom. The fraction of sp³-hybridized carbons (Fsp3) is 0.917. The highest BCUT2D eigenvalue weighted by Crippen LogP contribution is 2.39. The number of hydrogen-bond acceptors (Lipinski definition) is 2. The fourth-order valence-electron chi connectivity index (χ4n) is 2.25. The Hall–Kier alpha value is -0.780. The minimum Gasteiger partial charge on any atom is -0.354 e. The average Bonchev–Trinajstić information content (AvgIpc) is 2.34. The SMILES string of the molecule is CCC(N)CNC(=O)C1CCCC(C(F)(F)F)C1. The first-order valence-corrected chi connectivity index (χ1v) is 6.44. The maximum atomic E-state index is 12.6. The van der Waals surface area contributed by atoms with Crippen LogP contribution in [-0.2, 0) is 4.79 Å². The lowest BCUT2D eigenvalue weighted by Crippen LogP contribution is -2.42. The van der Waals surface area contributed by atoms with Crippen LogP contribution in [0.1, 0.15) is 39.0 Å². The highest BCUT2D eigenvalue weighted by Gasteiger charge is 2.43. The third-order valence-electron chi connectivity index (χ3n) is 3.57. The van der Waals surface area contributed by atoms with Gasteiger partial charge in [-0.05, 0) is 25.7 Å². The summed E-state index contributed by atoms with van der Waals surface area (Å²) in [6.45, 7) is 2.24. The van der Waals surface area contributed by atoms with Crippen molar-refractivity contribution in [3.05, 3.63) is 0 Å². The Labute approximate surface area is 105 Å². The summed E-state index contributed by atoms with van der Waals surface area (Å²) >= 11 is 0. The van der Waals surface area contributed by atoms with Gasteiger partial charge in [0.1, 0.15) is 0 Å². The molecule has 0 bridgehead atoms. The topological polar surface area (TPSA) is 55.1 Å². The molecule has 0 radical (unpaired) electrons. The van der Waals surface area contributed by atoms with E-state index in [-0.39, 0.29) is 24.8 Å². The van der Waals surface area contributed by atoms with Crippen molar-refractivity contribution < 1.29 is 18.0 Å². The predicted octanol–water partition coefficient (Wildman–Crippen LogP) is 2.21. The maximum absolute atomic E-state index is 12.6. The zero-order valence-corrected chi connectivity index (χ0v) is 10.6. The standard InChI is InChI=1S/C12H21F3N2O/c1-2-10(16)7-17-11(18)8-4-3-5-9(6-8)12(13,14)15/h8-10H,2-7,16H2,1H3,(H,17,18). The summed E-state index contributed by atoms with van der Waals surface area (Å²) in [6.07, 6.45) is -2.39. The fourth-order valence-corrected chi connectivity index (χ4v) is 2.25. The van der Waals surface area contributed by atoms with Crippen LogP contribution in [0.15, 0.2) is 0 Å². The van der Waals surface area contributed by atoms with E-state index in [4.69, 9.17) is 5.73 Å². The predicted molar refractivity (Wildman–Crippen MR) is 62.8 cm³/mol. The first-order chi connectivity index (χ1) is 8.34. The second-order valence-electron chi connectivity index (χ2n) is 5.02. The molecule has 0 aromatic rings. The molecular formula is C12H21F3N2O. The highest BCUT2D eigenvalue weighted by molar-refractivity contribution is 5.78. The lowest BCUT2D eigenvalue weighted by Gasteiger charge is -2.30. The molecule has 3 nitrogen and oxygen atoms in total. The van der Waals surface area contributed by atoms with Crippen LogP contribution in [0.4, 0.5) is 13.2 Å². The molecule has 0 heterocycles. The van der Waals surface area contributed by atoms with Crippen molar-refractivity contribution in [1.82, 2.24) is 5.32 Å². The first-order valence-electron chi connectivity index (χ1n) is 6.44. The van der Waals surface area contributed by atoms with Crippen LogP contribution in [0.25, 0.3) is 0 Å². The van der Waals surface area contributed by atoms with Gasteiger partial charge in [0.15, 0.2) is 0 Å². The van der Waals surface area contributed by atoms with Crippen molar-refractivity contribution in [1.29, 1.82) is 0 Å². The lowest BCUT2D eigenvalue weighted by molar-refractivity contribution is -0.186. The van der Waals surface area contributed by atoms with Gasteiger partial charge in [0, 0.05) is 18.5 Å². The monoisotopic (exact) mass is 266 g/mol. The van der Waals surface area contributed by atoms with Crippen molar-refractivity contribution in [3.8, 4) is 0 Å².